The first kappa shape index (κ1) is 16.5. The van der Waals surface area contributed by atoms with Crippen LogP contribution in [0, 0.1) is 0 Å². The lowest BCUT2D eigenvalue weighted by molar-refractivity contribution is 0.0914. The summed E-state index contributed by atoms with van der Waals surface area (Å²) in [5.74, 6) is 0.225. The van der Waals surface area contributed by atoms with Gasteiger partial charge < -0.3 is 10.6 Å². The van der Waals surface area contributed by atoms with Crippen LogP contribution >= 0.6 is 23.2 Å². The number of hydrogen-bond donors (Lipinski definition) is 2. The molecule has 0 bridgehead atoms. The standard InChI is InChI=1S/C15H16Cl2N4O/c1-15(2,3)21-14(22)12-7-19-13(8-18-12)20-11-5-9(16)4-10(17)6-11/h4-8H,1-3H3,(H,19,20)(H,21,22). The molecule has 0 aliphatic rings. The zero-order valence-corrected chi connectivity index (χ0v) is 14.0. The van der Waals surface area contributed by atoms with Crippen LogP contribution in [0.4, 0.5) is 11.5 Å². The summed E-state index contributed by atoms with van der Waals surface area (Å²) in [6.45, 7) is 5.70. The Morgan fingerprint density at radius 1 is 1.05 bits per heavy atom. The number of nitrogens with zero attached hydrogens (tertiary/aromatic N) is 2. The number of aromatic nitrogens is 2. The fraction of sp³-hybridized carbons (Fsp3) is 0.267. The Kier molecular flexibility index (Phi) is 4.88. The molecule has 0 spiro atoms. The number of rotatable bonds is 3. The van der Waals surface area contributed by atoms with E-state index in [1.807, 2.05) is 20.8 Å². The van der Waals surface area contributed by atoms with E-state index in [0.29, 0.717) is 21.6 Å². The van der Waals surface area contributed by atoms with Crippen LogP contribution in [-0.4, -0.2) is 21.4 Å². The van der Waals surface area contributed by atoms with Gasteiger partial charge in [-0.05, 0) is 39.0 Å². The van der Waals surface area contributed by atoms with Crippen molar-refractivity contribution in [2.75, 3.05) is 5.32 Å². The first-order valence-electron chi connectivity index (χ1n) is 6.61. The number of carbonyl (C=O) groups excluding carboxylic acids is 1. The summed E-state index contributed by atoms with van der Waals surface area (Å²) in [6.07, 6.45) is 2.89. The summed E-state index contributed by atoms with van der Waals surface area (Å²) in [6, 6.07) is 5.07. The smallest absolute Gasteiger partial charge is 0.271 e. The minimum absolute atomic E-state index is 0.254. The molecule has 2 N–H and O–H groups in total. The van der Waals surface area contributed by atoms with Crippen molar-refractivity contribution in [1.29, 1.82) is 0 Å². The minimum atomic E-state index is -0.326. The van der Waals surface area contributed by atoms with Gasteiger partial charge in [0.15, 0.2) is 0 Å². The highest BCUT2D eigenvalue weighted by atomic mass is 35.5. The fourth-order valence-electron chi connectivity index (χ4n) is 1.69. The molecule has 2 aromatic rings. The van der Waals surface area contributed by atoms with Gasteiger partial charge >= 0.3 is 0 Å². The molecule has 0 radical (unpaired) electrons. The molecule has 0 saturated carbocycles. The number of halogens is 2. The van der Waals surface area contributed by atoms with Gasteiger partial charge in [-0.2, -0.15) is 0 Å². The van der Waals surface area contributed by atoms with Crippen molar-refractivity contribution in [3.63, 3.8) is 0 Å². The predicted molar refractivity (Wildman–Crippen MR) is 89.0 cm³/mol. The number of carbonyl (C=O) groups is 1. The third-order valence-corrected chi connectivity index (χ3v) is 2.94. The predicted octanol–water partition coefficient (Wildman–Crippen LogP) is 4.06. The molecule has 7 heteroatoms. The minimum Gasteiger partial charge on any atom is -0.346 e. The van der Waals surface area contributed by atoms with Gasteiger partial charge in [-0.15, -0.1) is 0 Å². The molecule has 1 aromatic carbocycles. The van der Waals surface area contributed by atoms with E-state index in [0.717, 1.165) is 0 Å². The highest BCUT2D eigenvalue weighted by Gasteiger charge is 2.16. The summed E-state index contributed by atoms with van der Waals surface area (Å²) in [5, 5.41) is 6.88. The van der Waals surface area contributed by atoms with Gasteiger partial charge in [-0.25, -0.2) is 9.97 Å². The van der Waals surface area contributed by atoms with Gasteiger partial charge in [0.25, 0.3) is 5.91 Å². The molecule has 0 aliphatic carbocycles. The summed E-state index contributed by atoms with van der Waals surface area (Å²) in [4.78, 5) is 20.2. The van der Waals surface area contributed by atoms with Crippen LogP contribution in [0.2, 0.25) is 10.0 Å². The van der Waals surface area contributed by atoms with E-state index >= 15 is 0 Å². The largest absolute Gasteiger partial charge is 0.346 e. The van der Waals surface area contributed by atoms with Crippen LogP contribution in [0.25, 0.3) is 0 Å². The lowest BCUT2D eigenvalue weighted by Gasteiger charge is -2.19. The Morgan fingerprint density at radius 2 is 1.68 bits per heavy atom. The van der Waals surface area contributed by atoms with Crippen LogP contribution in [0.5, 0.6) is 0 Å². The Morgan fingerprint density at radius 3 is 2.18 bits per heavy atom. The van der Waals surface area contributed by atoms with Crippen LogP contribution < -0.4 is 10.6 Å². The fourth-order valence-corrected chi connectivity index (χ4v) is 2.21. The van der Waals surface area contributed by atoms with E-state index in [1.54, 1.807) is 18.2 Å². The second-order valence-electron chi connectivity index (χ2n) is 5.77. The molecule has 1 amide bonds. The van der Waals surface area contributed by atoms with Crippen LogP contribution in [0.1, 0.15) is 31.3 Å². The van der Waals surface area contributed by atoms with Gasteiger partial charge in [0.1, 0.15) is 11.5 Å². The summed E-state index contributed by atoms with van der Waals surface area (Å²) < 4.78 is 0. The first-order chi connectivity index (χ1) is 10.2. The number of amides is 1. The van der Waals surface area contributed by atoms with E-state index in [4.69, 9.17) is 23.2 Å². The maximum absolute atomic E-state index is 12.0. The number of anilines is 2. The second kappa shape index (κ2) is 6.50. The van der Waals surface area contributed by atoms with E-state index in [-0.39, 0.29) is 17.1 Å². The van der Waals surface area contributed by atoms with Crippen LogP contribution in [0.15, 0.2) is 30.6 Å². The SMILES string of the molecule is CC(C)(C)NC(=O)c1cnc(Nc2cc(Cl)cc(Cl)c2)cn1. The van der Waals surface area contributed by atoms with Gasteiger partial charge in [-0.3, -0.25) is 4.79 Å². The van der Waals surface area contributed by atoms with Crippen molar-refractivity contribution in [2.45, 2.75) is 26.3 Å². The number of hydrogen-bond acceptors (Lipinski definition) is 4. The highest BCUT2D eigenvalue weighted by molar-refractivity contribution is 6.35. The maximum Gasteiger partial charge on any atom is 0.271 e. The Bertz CT molecular complexity index is 661. The van der Waals surface area contributed by atoms with Crippen LogP contribution in [-0.2, 0) is 0 Å². The zero-order valence-electron chi connectivity index (χ0n) is 12.4. The summed E-state index contributed by atoms with van der Waals surface area (Å²) in [5.41, 5.74) is 0.621. The third kappa shape index (κ3) is 4.86. The first-order valence-corrected chi connectivity index (χ1v) is 7.36. The molecule has 1 heterocycles. The van der Waals surface area contributed by atoms with Crippen LogP contribution in [0.3, 0.4) is 0 Å². The average Bonchev–Trinajstić information content (AvgIpc) is 2.36. The van der Waals surface area contributed by atoms with Gasteiger partial charge in [0, 0.05) is 21.3 Å². The molecular weight excluding hydrogens is 323 g/mol. The maximum atomic E-state index is 12.0. The highest BCUT2D eigenvalue weighted by Crippen LogP contribution is 2.24. The molecule has 1 aromatic heterocycles. The molecule has 5 nitrogen and oxygen atoms in total. The molecule has 0 unspecified atom stereocenters. The van der Waals surface area contributed by atoms with E-state index in [2.05, 4.69) is 20.6 Å². The molecule has 0 aliphatic heterocycles. The quantitative estimate of drug-likeness (QED) is 0.885. The zero-order chi connectivity index (χ0) is 16.3. The number of nitrogens with one attached hydrogen (secondary N) is 2. The third-order valence-electron chi connectivity index (χ3n) is 2.51. The summed E-state index contributed by atoms with van der Waals surface area (Å²) >= 11 is 11.9. The van der Waals surface area contributed by atoms with E-state index in [9.17, 15) is 4.79 Å². The molecule has 0 saturated heterocycles. The Labute approximate surface area is 139 Å². The second-order valence-corrected chi connectivity index (χ2v) is 6.65. The van der Waals surface area contributed by atoms with Crippen molar-refractivity contribution in [2.24, 2.45) is 0 Å². The lowest BCUT2D eigenvalue weighted by atomic mass is 10.1. The van der Waals surface area contributed by atoms with Crippen molar-refractivity contribution in [3.8, 4) is 0 Å². The lowest BCUT2D eigenvalue weighted by Crippen LogP contribution is -2.40. The van der Waals surface area contributed by atoms with Crippen molar-refractivity contribution in [3.05, 3.63) is 46.3 Å². The molecule has 2 rings (SSSR count). The topological polar surface area (TPSA) is 66.9 Å². The van der Waals surface area contributed by atoms with Gasteiger partial charge in [0.2, 0.25) is 0 Å². The Hall–Kier alpha value is -1.85. The van der Waals surface area contributed by atoms with Crippen molar-refractivity contribution in [1.82, 2.24) is 15.3 Å². The monoisotopic (exact) mass is 338 g/mol. The number of benzene rings is 1. The molecular formula is C15H16Cl2N4O. The molecule has 0 atom stereocenters. The van der Waals surface area contributed by atoms with E-state index in [1.165, 1.54) is 12.4 Å². The molecule has 22 heavy (non-hydrogen) atoms. The molecule has 116 valence electrons. The van der Waals surface area contributed by atoms with Gasteiger partial charge in [-0.1, -0.05) is 23.2 Å². The normalized spacial score (nSPS) is 11.1. The molecule has 0 fully saturated rings. The summed E-state index contributed by atoms with van der Waals surface area (Å²) in [7, 11) is 0. The average molecular weight is 339 g/mol. The van der Waals surface area contributed by atoms with E-state index < -0.39 is 0 Å². The van der Waals surface area contributed by atoms with Crippen molar-refractivity contribution >= 4 is 40.6 Å². The van der Waals surface area contributed by atoms with Crippen molar-refractivity contribution < 1.29 is 4.79 Å². The van der Waals surface area contributed by atoms with Gasteiger partial charge in [0.05, 0.1) is 12.4 Å². The Balaban J connectivity index is 2.10.